The van der Waals surface area contributed by atoms with Gasteiger partial charge in [-0.15, -0.1) is 0 Å². The van der Waals surface area contributed by atoms with Crippen molar-refractivity contribution >= 4 is 0 Å². The summed E-state index contributed by atoms with van der Waals surface area (Å²) in [5, 5.41) is 0. The molecule has 12 heavy (non-hydrogen) atoms. The molecule has 0 saturated carbocycles. The molecule has 1 rings (SSSR count). The van der Waals surface area contributed by atoms with Crippen molar-refractivity contribution in [2.45, 2.75) is 19.4 Å². The first-order valence-electron chi connectivity index (χ1n) is 3.99. The monoisotopic (exact) mass is 168 g/mol. The van der Waals surface area contributed by atoms with E-state index in [1.54, 1.807) is 6.07 Å². The molecule has 0 bridgehead atoms. The van der Waals surface area contributed by atoms with E-state index in [9.17, 15) is 4.39 Å². The van der Waals surface area contributed by atoms with Gasteiger partial charge in [-0.05, 0) is 24.1 Å². The van der Waals surface area contributed by atoms with Crippen LogP contribution in [0, 0.1) is 5.82 Å². The molecule has 0 spiro atoms. The number of nitrogens with one attached hydrogen (secondary N) is 1. The summed E-state index contributed by atoms with van der Waals surface area (Å²) < 4.78 is 12.7. The smallest absolute Gasteiger partial charge is 0.123 e. The lowest BCUT2D eigenvalue weighted by Crippen LogP contribution is -2.27. The minimum atomic E-state index is -0.221. The van der Waals surface area contributed by atoms with E-state index >= 15 is 0 Å². The van der Waals surface area contributed by atoms with Gasteiger partial charge in [0.05, 0.1) is 0 Å². The molecule has 3 heteroatoms. The molecule has 0 aromatic heterocycles. The van der Waals surface area contributed by atoms with Crippen molar-refractivity contribution in [3.63, 3.8) is 0 Å². The largest absolute Gasteiger partial charge is 0.271 e. The third-order valence-corrected chi connectivity index (χ3v) is 1.86. The van der Waals surface area contributed by atoms with Crippen molar-refractivity contribution in [3.05, 3.63) is 35.6 Å². The van der Waals surface area contributed by atoms with Crippen LogP contribution in [0.1, 0.15) is 24.9 Å². The molecule has 1 aromatic carbocycles. The van der Waals surface area contributed by atoms with E-state index in [1.165, 1.54) is 12.1 Å². The summed E-state index contributed by atoms with van der Waals surface area (Å²) in [4.78, 5) is 0. The van der Waals surface area contributed by atoms with Crippen molar-refractivity contribution < 1.29 is 4.39 Å². The molecular weight excluding hydrogens is 155 g/mol. The van der Waals surface area contributed by atoms with Gasteiger partial charge in [0, 0.05) is 6.04 Å². The molecular formula is C9H13FN2. The molecule has 0 aliphatic rings. The lowest BCUT2D eigenvalue weighted by Gasteiger charge is -2.13. The third kappa shape index (κ3) is 2.03. The summed E-state index contributed by atoms with van der Waals surface area (Å²) in [6.07, 6.45) is 0.847. The van der Waals surface area contributed by atoms with E-state index in [0.717, 1.165) is 12.0 Å². The predicted molar refractivity (Wildman–Crippen MR) is 46.8 cm³/mol. The zero-order valence-corrected chi connectivity index (χ0v) is 7.05. The van der Waals surface area contributed by atoms with Crippen LogP contribution in [0.4, 0.5) is 4.39 Å². The summed E-state index contributed by atoms with van der Waals surface area (Å²) in [6, 6.07) is 6.50. The molecule has 0 aliphatic heterocycles. The van der Waals surface area contributed by atoms with Gasteiger partial charge in [0.2, 0.25) is 0 Å². The lowest BCUT2D eigenvalue weighted by atomic mass is 10.1. The minimum absolute atomic E-state index is 0.0423. The Balaban J connectivity index is 2.85. The van der Waals surface area contributed by atoms with E-state index in [2.05, 4.69) is 5.43 Å². The second-order valence-electron chi connectivity index (χ2n) is 2.68. The van der Waals surface area contributed by atoms with Crippen molar-refractivity contribution in [2.75, 3.05) is 0 Å². The van der Waals surface area contributed by atoms with Crippen LogP contribution < -0.4 is 11.3 Å². The van der Waals surface area contributed by atoms with Crippen LogP contribution >= 0.6 is 0 Å². The maximum absolute atomic E-state index is 12.7. The highest BCUT2D eigenvalue weighted by atomic mass is 19.1. The first-order chi connectivity index (χ1) is 5.77. The number of hydrogen-bond donors (Lipinski definition) is 2. The molecule has 0 saturated heterocycles. The molecule has 66 valence electrons. The number of hydrazine groups is 1. The first-order valence-corrected chi connectivity index (χ1v) is 3.99. The Kier molecular flexibility index (Phi) is 3.19. The Morgan fingerprint density at radius 1 is 1.58 bits per heavy atom. The van der Waals surface area contributed by atoms with Gasteiger partial charge < -0.3 is 0 Å². The average Bonchev–Trinajstić information content (AvgIpc) is 2.07. The maximum Gasteiger partial charge on any atom is 0.123 e. The van der Waals surface area contributed by atoms with Crippen LogP contribution in [0.3, 0.4) is 0 Å². The summed E-state index contributed by atoms with van der Waals surface area (Å²) in [6.45, 7) is 2.00. The van der Waals surface area contributed by atoms with Gasteiger partial charge in [-0.25, -0.2) is 4.39 Å². The van der Waals surface area contributed by atoms with Gasteiger partial charge in [0.25, 0.3) is 0 Å². The molecule has 0 fully saturated rings. The van der Waals surface area contributed by atoms with Crippen LogP contribution in [0.2, 0.25) is 0 Å². The van der Waals surface area contributed by atoms with Crippen LogP contribution in [0.25, 0.3) is 0 Å². The molecule has 1 aromatic rings. The van der Waals surface area contributed by atoms with E-state index in [1.807, 2.05) is 13.0 Å². The predicted octanol–water partition coefficient (Wildman–Crippen LogP) is 1.74. The number of rotatable bonds is 3. The van der Waals surface area contributed by atoms with Gasteiger partial charge in [0.15, 0.2) is 0 Å². The van der Waals surface area contributed by atoms with Crippen LogP contribution in [0.15, 0.2) is 24.3 Å². The van der Waals surface area contributed by atoms with Crippen LogP contribution in [-0.2, 0) is 0 Å². The van der Waals surface area contributed by atoms with Gasteiger partial charge in [-0.2, -0.15) is 0 Å². The topological polar surface area (TPSA) is 38.0 Å². The lowest BCUT2D eigenvalue weighted by molar-refractivity contribution is 0.533. The summed E-state index contributed by atoms with van der Waals surface area (Å²) in [5.74, 6) is 5.07. The Morgan fingerprint density at radius 3 is 2.83 bits per heavy atom. The van der Waals surface area contributed by atoms with Gasteiger partial charge in [-0.1, -0.05) is 19.1 Å². The normalized spacial score (nSPS) is 12.9. The molecule has 0 amide bonds. The van der Waals surface area contributed by atoms with Gasteiger partial charge >= 0.3 is 0 Å². The molecule has 1 atom stereocenters. The summed E-state index contributed by atoms with van der Waals surface area (Å²) in [5.41, 5.74) is 3.52. The average molecular weight is 168 g/mol. The zero-order valence-electron chi connectivity index (χ0n) is 7.05. The van der Waals surface area contributed by atoms with Crippen molar-refractivity contribution in [3.8, 4) is 0 Å². The zero-order chi connectivity index (χ0) is 8.97. The summed E-state index contributed by atoms with van der Waals surface area (Å²) >= 11 is 0. The Hall–Kier alpha value is -0.930. The maximum atomic E-state index is 12.7. The van der Waals surface area contributed by atoms with Crippen LogP contribution in [-0.4, -0.2) is 0 Å². The first kappa shape index (κ1) is 9.16. The molecule has 0 radical (unpaired) electrons. The second-order valence-corrected chi connectivity index (χ2v) is 2.68. The highest BCUT2D eigenvalue weighted by molar-refractivity contribution is 5.19. The van der Waals surface area contributed by atoms with Gasteiger partial charge in [-0.3, -0.25) is 11.3 Å². The number of nitrogens with two attached hydrogens (primary N) is 1. The molecule has 1 unspecified atom stereocenters. The second kappa shape index (κ2) is 4.18. The Bertz CT molecular complexity index is 246. The van der Waals surface area contributed by atoms with E-state index < -0.39 is 0 Å². The van der Waals surface area contributed by atoms with E-state index in [4.69, 9.17) is 5.84 Å². The fourth-order valence-electron chi connectivity index (χ4n) is 1.17. The van der Waals surface area contributed by atoms with E-state index in [-0.39, 0.29) is 11.9 Å². The molecule has 3 N–H and O–H groups in total. The highest BCUT2D eigenvalue weighted by Gasteiger charge is 2.06. The summed E-state index contributed by atoms with van der Waals surface area (Å²) in [7, 11) is 0. The SMILES string of the molecule is CCC(NN)c1cccc(F)c1. The highest BCUT2D eigenvalue weighted by Crippen LogP contribution is 2.15. The fourth-order valence-corrected chi connectivity index (χ4v) is 1.17. The Labute approximate surface area is 71.6 Å². The van der Waals surface area contributed by atoms with E-state index in [0.29, 0.717) is 0 Å². The van der Waals surface area contributed by atoms with Gasteiger partial charge in [0.1, 0.15) is 5.82 Å². The Morgan fingerprint density at radius 2 is 2.33 bits per heavy atom. The number of halogens is 1. The molecule has 0 aliphatic carbocycles. The minimum Gasteiger partial charge on any atom is -0.271 e. The number of hydrogen-bond acceptors (Lipinski definition) is 2. The number of benzene rings is 1. The standard InChI is InChI=1S/C9H13FN2/c1-2-9(12-11)7-4-3-5-8(10)6-7/h3-6,9,12H,2,11H2,1H3. The molecule has 0 heterocycles. The van der Waals surface area contributed by atoms with Crippen molar-refractivity contribution in [2.24, 2.45) is 5.84 Å². The van der Waals surface area contributed by atoms with Crippen molar-refractivity contribution in [1.82, 2.24) is 5.43 Å². The third-order valence-electron chi connectivity index (χ3n) is 1.86. The van der Waals surface area contributed by atoms with Crippen LogP contribution in [0.5, 0.6) is 0 Å². The van der Waals surface area contributed by atoms with Crippen molar-refractivity contribution in [1.29, 1.82) is 0 Å². The quantitative estimate of drug-likeness (QED) is 0.533. The fraction of sp³-hybridized carbons (Fsp3) is 0.333. The molecule has 2 nitrogen and oxygen atoms in total.